The van der Waals surface area contributed by atoms with E-state index in [-0.39, 0.29) is 11.6 Å². The van der Waals surface area contributed by atoms with Crippen molar-refractivity contribution in [3.8, 4) is 0 Å². The Bertz CT molecular complexity index is 398. The number of nitrogens with one attached hydrogen (secondary N) is 1. The van der Waals surface area contributed by atoms with Crippen LogP contribution in [0, 0.1) is 5.82 Å². The zero-order valence-electron chi connectivity index (χ0n) is 9.54. The molecule has 0 radical (unpaired) electrons. The molecular weight excluding hydrogens is 245 g/mol. The van der Waals surface area contributed by atoms with Gasteiger partial charge >= 0.3 is 5.97 Å². The minimum absolute atomic E-state index is 0.0423. The summed E-state index contributed by atoms with van der Waals surface area (Å²) < 4.78 is 13.1. The van der Waals surface area contributed by atoms with E-state index in [9.17, 15) is 9.18 Å². The van der Waals surface area contributed by atoms with Crippen LogP contribution < -0.4 is 5.32 Å². The van der Waals surface area contributed by atoms with Gasteiger partial charge in [-0.05, 0) is 18.1 Å². The van der Waals surface area contributed by atoms with Crippen LogP contribution in [0.5, 0.6) is 0 Å². The highest BCUT2D eigenvalue weighted by Crippen LogP contribution is 2.19. The summed E-state index contributed by atoms with van der Waals surface area (Å²) in [7, 11) is 0. The first-order valence-corrected chi connectivity index (χ1v) is 5.83. The SMILES string of the molecule is CCCC(NCc1cccc(F)c1Cl)C(=O)O. The first-order chi connectivity index (χ1) is 8.06. The van der Waals surface area contributed by atoms with E-state index in [0.29, 0.717) is 12.0 Å². The van der Waals surface area contributed by atoms with Gasteiger partial charge in [-0.1, -0.05) is 37.1 Å². The lowest BCUT2D eigenvalue weighted by Crippen LogP contribution is -2.36. The normalized spacial score (nSPS) is 12.4. The highest BCUT2D eigenvalue weighted by atomic mass is 35.5. The van der Waals surface area contributed by atoms with Crippen LogP contribution in [0.25, 0.3) is 0 Å². The topological polar surface area (TPSA) is 49.3 Å². The molecule has 0 aromatic heterocycles. The Morgan fingerprint density at radius 3 is 2.88 bits per heavy atom. The summed E-state index contributed by atoms with van der Waals surface area (Å²) in [5, 5.41) is 11.8. The molecule has 0 aliphatic carbocycles. The van der Waals surface area contributed by atoms with Crippen molar-refractivity contribution in [1.82, 2.24) is 5.32 Å². The van der Waals surface area contributed by atoms with Gasteiger partial charge in [0.15, 0.2) is 0 Å². The van der Waals surface area contributed by atoms with Crippen molar-refractivity contribution in [2.45, 2.75) is 32.4 Å². The second kappa shape index (κ2) is 6.57. The Hall–Kier alpha value is -1.13. The van der Waals surface area contributed by atoms with Gasteiger partial charge in [0.2, 0.25) is 0 Å². The molecule has 1 atom stereocenters. The summed E-state index contributed by atoms with van der Waals surface area (Å²) in [5.74, 6) is -1.40. The van der Waals surface area contributed by atoms with E-state index in [1.165, 1.54) is 6.07 Å². The van der Waals surface area contributed by atoms with E-state index >= 15 is 0 Å². The van der Waals surface area contributed by atoms with Crippen LogP contribution in [0.3, 0.4) is 0 Å². The molecule has 0 heterocycles. The number of aliphatic carboxylic acids is 1. The van der Waals surface area contributed by atoms with Gasteiger partial charge in [0.05, 0.1) is 5.02 Å². The second-order valence-electron chi connectivity index (χ2n) is 3.77. The van der Waals surface area contributed by atoms with E-state index in [0.717, 1.165) is 6.42 Å². The van der Waals surface area contributed by atoms with Gasteiger partial charge in [0.1, 0.15) is 11.9 Å². The van der Waals surface area contributed by atoms with Gasteiger partial charge in [-0.25, -0.2) is 4.39 Å². The van der Waals surface area contributed by atoms with Crippen molar-refractivity contribution in [3.63, 3.8) is 0 Å². The maximum absolute atomic E-state index is 13.1. The average molecular weight is 260 g/mol. The Morgan fingerprint density at radius 2 is 2.29 bits per heavy atom. The van der Waals surface area contributed by atoms with E-state index in [4.69, 9.17) is 16.7 Å². The third kappa shape index (κ3) is 3.98. The monoisotopic (exact) mass is 259 g/mol. The van der Waals surface area contributed by atoms with Crippen LogP contribution in [0.1, 0.15) is 25.3 Å². The Morgan fingerprint density at radius 1 is 1.59 bits per heavy atom. The van der Waals surface area contributed by atoms with Crippen LogP contribution in [0.2, 0.25) is 5.02 Å². The molecular formula is C12H15ClFNO2. The number of rotatable bonds is 6. The largest absolute Gasteiger partial charge is 0.480 e. The number of hydrogen-bond acceptors (Lipinski definition) is 2. The zero-order valence-corrected chi connectivity index (χ0v) is 10.3. The zero-order chi connectivity index (χ0) is 12.8. The lowest BCUT2D eigenvalue weighted by molar-refractivity contribution is -0.139. The fourth-order valence-electron chi connectivity index (χ4n) is 1.52. The first-order valence-electron chi connectivity index (χ1n) is 5.45. The van der Waals surface area contributed by atoms with Crippen LogP contribution in [0.15, 0.2) is 18.2 Å². The molecule has 17 heavy (non-hydrogen) atoms. The molecule has 0 saturated heterocycles. The van der Waals surface area contributed by atoms with Gasteiger partial charge in [0, 0.05) is 6.54 Å². The molecule has 1 aromatic rings. The molecule has 0 amide bonds. The fourth-order valence-corrected chi connectivity index (χ4v) is 1.71. The Kier molecular flexibility index (Phi) is 5.38. The molecule has 0 fully saturated rings. The molecule has 3 nitrogen and oxygen atoms in total. The summed E-state index contributed by atoms with van der Waals surface area (Å²) in [6.07, 6.45) is 1.29. The van der Waals surface area contributed by atoms with Gasteiger partial charge in [-0.15, -0.1) is 0 Å². The molecule has 1 rings (SSSR count). The third-order valence-corrected chi connectivity index (χ3v) is 2.87. The summed E-state index contributed by atoms with van der Waals surface area (Å²) in [6.45, 7) is 2.15. The minimum Gasteiger partial charge on any atom is -0.480 e. The fraction of sp³-hybridized carbons (Fsp3) is 0.417. The van der Waals surface area contributed by atoms with Crippen molar-refractivity contribution in [2.24, 2.45) is 0 Å². The van der Waals surface area contributed by atoms with Crippen LogP contribution >= 0.6 is 11.6 Å². The predicted octanol–water partition coefficient (Wildman–Crippen LogP) is 2.82. The standard InChI is InChI=1S/C12H15ClFNO2/c1-2-4-10(12(16)17)15-7-8-5-3-6-9(14)11(8)13/h3,5-6,10,15H,2,4,7H2,1H3,(H,16,17). The third-order valence-electron chi connectivity index (χ3n) is 2.45. The Labute approximate surface area is 105 Å². The number of benzene rings is 1. The van der Waals surface area contributed by atoms with Crippen molar-refractivity contribution in [3.05, 3.63) is 34.6 Å². The number of hydrogen-bond donors (Lipinski definition) is 2. The van der Waals surface area contributed by atoms with E-state index in [1.54, 1.807) is 12.1 Å². The highest BCUT2D eigenvalue weighted by molar-refractivity contribution is 6.31. The molecule has 94 valence electrons. The van der Waals surface area contributed by atoms with Gasteiger partial charge < -0.3 is 10.4 Å². The maximum Gasteiger partial charge on any atom is 0.320 e. The van der Waals surface area contributed by atoms with Crippen molar-refractivity contribution >= 4 is 17.6 Å². The molecule has 0 saturated carbocycles. The summed E-state index contributed by atoms with van der Waals surface area (Å²) in [6, 6.07) is 3.86. The molecule has 5 heteroatoms. The molecule has 0 aliphatic rings. The second-order valence-corrected chi connectivity index (χ2v) is 4.15. The molecule has 1 unspecified atom stereocenters. The van der Waals surface area contributed by atoms with Gasteiger partial charge in [-0.3, -0.25) is 4.79 Å². The van der Waals surface area contributed by atoms with Crippen molar-refractivity contribution in [1.29, 1.82) is 0 Å². The molecule has 2 N–H and O–H groups in total. The molecule has 0 spiro atoms. The predicted molar refractivity (Wildman–Crippen MR) is 64.6 cm³/mol. The number of halogens is 2. The molecule has 1 aromatic carbocycles. The lowest BCUT2D eigenvalue weighted by Gasteiger charge is -2.14. The molecule has 0 aliphatic heterocycles. The lowest BCUT2D eigenvalue weighted by atomic mass is 10.1. The molecule has 0 bridgehead atoms. The maximum atomic E-state index is 13.1. The quantitative estimate of drug-likeness (QED) is 0.826. The van der Waals surface area contributed by atoms with Crippen LogP contribution in [-0.2, 0) is 11.3 Å². The smallest absolute Gasteiger partial charge is 0.320 e. The number of carboxylic acid groups (broad SMARTS) is 1. The first kappa shape index (κ1) is 13.9. The van der Waals surface area contributed by atoms with Crippen LogP contribution in [0.4, 0.5) is 4.39 Å². The van der Waals surface area contributed by atoms with Gasteiger partial charge in [-0.2, -0.15) is 0 Å². The van der Waals surface area contributed by atoms with E-state index in [2.05, 4.69) is 5.32 Å². The van der Waals surface area contributed by atoms with E-state index in [1.807, 2.05) is 6.92 Å². The Balaban J connectivity index is 2.65. The summed E-state index contributed by atoms with van der Waals surface area (Å²) >= 11 is 5.77. The average Bonchev–Trinajstić information content (AvgIpc) is 2.29. The van der Waals surface area contributed by atoms with Crippen molar-refractivity contribution < 1.29 is 14.3 Å². The number of carboxylic acids is 1. The minimum atomic E-state index is -0.903. The van der Waals surface area contributed by atoms with Crippen molar-refractivity contribution in [2.75, 3.05) is 0 Å². The summed E-state index contributed by atoms with van der Waals surface area (Å²) in [5.41, 5.74) is 0.564. The van der Waals surface area contributed by atoms with Gasteiger partial charge in [0.25, 0.3) is 0 Å². The highest BCUT2D eigenvalue weighted by Gasteiger charge is 2.16. The van der Waals surface area contributed by atoms with Crippen LogP contribution in [-0.4, -0.2) is 17.1 Å². The van der Waals surface area contributed by atoms with E-state index < -0.39 is 17.8 Å². The number of carbonyl (C=O) groups is 1. The summed E-state index contributed by atoms with van der Waals surface area (Å²) in [4.78, 5) is 10.9.